The lowest BCUT2D eigenvalue weighted by Gasteiger charge is -2.18. The van der Waals surface area contributed by atoms with E-state index in [0.717, 1.165) is 109 Å². The Balaban J connectivity index is 4.69. The van der Waals surface area contributed by atoms with Crippen molar-refractivity contribution in [2.45, 2.75) is 219 Å². The molecule has 0 N–H and O–H groups in total. The standard InChI is InChI=1S/C67H102O6/c1-4-7-10-13-16-19-22-25-28-31-33-36-39-42-45-48-51-54-57-60-66(69)72-63-64(62-71-65(68)59-56-53-50-47-44-41-38-35-30-27-24-21-18-15-12-9-6-3)73-67(70)61-58-55-52-49-46-43-40-37-34-32-29-26-23-20-17-14-11-8-5-2/h8,11,16-21,25-30,33-34,36-38,41-43,45-47,50,52,55,64H,4-7,9-10,12-15,22-24,31-32,35,39-40,44,48-49,51,53-54,56-63H2,1-3H3/b11-8-,19-16-,20-17-,21-18-,28-25-,29-26-,30-27-,36-33-,37-34-,41-38-,45-42-,46-43-,50-47-,55-52-/t64-/m0/s1. The van der Waals surface area contributed by atoms with Crippen molar-refractivity contribution in [1.82, 2.24) is 0 Å². The van der Waals surface area contributed by atoms with Crippen LogP contribution in [-0.4, -0.2) is 37.2 Å². The molecule has 0 radical (unpaired) electrons. The highest BCUT2D eigenvalue weighted by atomic mass is 16.6. The van der Waals surface area contributed by atoms with E-state index >= 15 is 0 Å². The second-order valence-electron chi connectivity index (χ2n) is 18.1. The monoisotopic (exact) mass is 1000 g/mol. The van der Waals surface area contributed by atoms with Gasteiger partial charge in [0.25, 0.3) is 0 Å². The van der Waals surface area contributed by atoms with Crippen molar-refractivity contribution in [2.75, 3.05) is 13.2 Å². The topological polar surface area (TPSA) is 78.9 Å². The van der Waals surface area contributed by atoms with Gasteiger partial charge in [0.1, 0.15) is 13.2 Å². The van der Waals surface area contributed by atoms with Crippen LogP contribution in [0.1, 0.15) is 213 Å². The first kappa shape index (κ1) is 67.8. The molecule has 0 aromatic carbocycles. The Morgan fingerprint density at radius 2 is 0.575 bits per heavy atom. The summed E-state index contributed by atoms with van der Waals surface area (Å²) in [7, 11) is 0. The summed E-state index contributed by atoms with van der Waals surface area (Å²) in [5.41, 5.74) is 0. The Kier molecular flexibility index (Phi) is 55.1. The van der Waals surface area contributed by atoms with E-state index in [2.05, 4.69) is 179 Å². The number of hydrogen-bond donors (Lipinski definition) is 0. The summed E-state index contributed by atoms with van der Waals surface area (Å²) in [5, 5.41) is 0. The van der Waals surface area contributed by atoms with Crippen LogP contribution < -0.4 is 0 Å². The van der Waals surface area contributed by atoms with Gasteiger partial charge in [0, 0.05) is 19.3 Å². The van der Waals surface area contributed by atoms with Crippen molar-refractivity contribution in [1.29, 1.82) is 0 Å². The molecule has 0 spiro atoms. The molecule has 0 aliphatic rings. The fourth-order valence-electron chi connectivity index (χ4n) is 6.91. The Morgan fingerprint density at radius 1 is 0.288 bits per heavy atom. The second-order valence-corrected chi connectivity index (χ2v) is 18.1. The molecule has 0 fully saturated rings. The fraction of sp³-hybridized carbons (Fsp3) is 0.537. The summed E-state index contributed by atoms with van der Waals surface area (Å²) in [6.07, 6.45) is 87.8. The zero-order valence-corrected chi connectivity index (χ0v) is 46.3. The van der Waals surface area contributed by atoms with Crippen LogP contribution in [0.3, 0.4) is 0 Å². The van der Waals surface area contributed by atoms with Crippen LogP contribution in [0.25, 0.3) is 0 Å². The predicted octanol–water partition coefficient (Wildman–Crippen LogP) is 19.5. The van der Waals surface area contributed by atoms with Crippen molar-refractivity contribution < 1.29 is 28.6 Å². The second kappa shape index (κ2) is 59.3. The molecular formula is C67H102O6. The van der Waals surface area contributed by atoms with Gasteiger partial charge in [0.05, 0.1) is 0 Å². The summed E-state index contributed by atoms with van der Waals surface area (Å²) in [6, 6.07) is 0. The van der Waals surface area contributed by atoms with Gasteiger partial charge in [-0.1, -0.05) is 223 Å². The van der Waals surface area contributed by atoms with Crippen LogP contribution in [0.2, 0.25) is 0 Å². The molecule has 1 atom stereocenters. The molecule has 0 aromatic heterocycles. The van der Waals surface area contributed by atoms with E-state index in [1.165, 1.54) is 51.4 Å². The molecule has 0 amide bonds. The first-order valence-electron chi connectivity index (χ1n) is 28.6. The molecule has 406 valence electrons. The maximum Gasteiger partial charge on any atom is 0.306 e. The maximum atomic E-state index is 12.8. The van der Waals surface area contributed by atoms with E-state index in [-0.39, 0.29) is 44.4 Å². The normalized spacial score (nSPS) is 13.4. The highest BCUT2D eigenvalue weighted by molar-refractivity contribution is 5.71. The number of rotatable bonds is 49. The lowest BCUT2D eigenvalue weighted by Crippen LogP contribution is -2.30. The van der Waals surface area contributed by atoms with E-state index in [0.29, 0.717) is 12.8 Å². The Bertz CT molecular complexity index is 1720. The number of esters is 3. The number of hydrogen-bond acceptors (Lipinski definition) is 6. The van der Waals surface area contributed by atoms with E-state index in [4.69, 9.17) is 14.2 Å². The first-order chi connectivity index (χ1) is 36.0. The molecule has 6 heteroatoms. The summed E-state index contributed by atoms with van der Waals surface area (Å²) in [4.78, 5) is 38.1. The van der Waals surface area contributed by atoms with E-state index in [9.17, 15) is 14.4 Å². The SMILES string of the molecule is CC/C=C\C/C=C\C/C=C\C/C=C\C/C=C\C/C=C\CCC(=O)O[C@@H](COC(=O)CCC/C=C\C/C=C\C/C=C\C/C=C\CCCCC)COC(=O)CCCCC/C=C\C/C=C\C/C=C\C/C=C\CCCCC. The molecule has 73 heavy (non-hydrogen) atoms. The Morgan fingerprint density at radius 3 is 0.918 bits per heavy atom. The number of carbonyl (C=O) groups excluding carboxylic acids is 3. The van der Waals surface area contributed by atoms with Crippen LogP contribution in [-0.2, 0) is 28.6 Å². The highest BCUT2D eigenvalue weighted by Gasteiger charge is 2.19. The van der Waals surface area contributed by atoms with Crippen molar-refractivity contribution in [2.24, 2.45) is 0 Å². The van der Waals surface area contributed by atoms with Gasteiger partial charge >= 0.3 is 17.9 Å². The van der Waals surface area contributed by atoms with Gasteiger partial charge in [0.15, 0.2) is 6.10 Å². The predicted molar refractivity (Wildman–Crippen MR) is 315 cm³/mol. The van der Waals surface area contributed by atoms with Crippen LogP contribution >= 0.6 is 0 Å². The quantitative estimate of drug-likeness (QED) is 0.0261. The molecule has 0 rings (SSSR count). The van der Waals surface area contributed by atoms with Crippen LogP contribution in [0.5, 0.6) is 0 Å². The minimum absolute atomic E-state index is 0.151. The average molecular weight is 1000 g/mol. The zero-order valence-electron chi connectivity index (χ0n) is 46.3. The molecule has 0 saturated heterocycles. The van der Waals surface area contributed by atoms with Crippen molar-refractivity contribution >= 4 is 17.9 Å². The summed E-state index contributed by atoms with van der Waals surface area (Å²) >= 11 is 0. The number of ether oxygens (including phenoxy) is 3. The molecule has 0 bridgehead atoms. The third-order valence-electron chi connectivity index (χ3n) is 11.2. The molecule has 0 aromatic rings. The Labute approximate surface area is 447 Å². The molecule has 0 saturated carbocycles. The lowest BCUT2D eigenvalue weighted by molar-refractivity contribution is -0.166. The van der Waals surface area contributed by atoms with E-state index < -0.39 is 12.1 Å². The summed E-state index contributed by atoms with van der Waals surface area (Å²) in [5.74, 6) is -1.13. The van der Waals surface area contributed by atoms with Gasteiger partial charge in [-0.25, -0.2) is 0 Å². The first-order valence-corrected chi connectivity index (χ1v) is 28.6. The molecular weight excluding hydrogens is 901 g/mol. The van der Waals surface area contributed by atoms with Crippen LogP contribution in [0.4, 0.5) is 0 Å². The van der Waals surface area contributed by atoms with Gasteiger partial charge in [-0.3, -0.25) is 14.4 Å². The summed E-state index contributed by atoms with van der Waals surface area (Å²) < 4.78 is 16.7. The smallest absolute Gasteiger partial charge is 0.306 e. The average Bonchev–Trinajstić information content (AvgIpc) is 3.39. The highest BCUT2D eigenvalue weighted by Crippen LogP contribution is 2.10. The molecule has 0 heterocycles. The van der Waals surface area contributed by atoms with Crippen molar-refractivity contribution in [3.05, 3.63) is 170 Å². The minimum atomic E-state index is -0.864. The van der Waals surface area contributed by atoms with E-state index in [1.54, 1.807) is 0 Å². The molecule has 0 unspecified atom stereocenters. The number of unbranched alkanes of at least 4 members (excludes halogenated alkanes) is 10. The Hall–Kier alpha value is -5.23. The maximum absolute atomic E-state index is 12.8. The van der Waals surface area contributed by atoms with E-state index in [1.807, 2.05) is 12.2 Å². The van der Waals surface area contributed by atoms with Gasteiger partial charge in [-0.15, -0.1) is 0 Å². The van der Waals surface area contributed by atoms with Crippen LogP contribution in [0.15, 0.2) is 170 Å². The van der Waals surface area contributed by atoms with Crippen molar-refractivity contribution in [3.8, 4) is 0 Å². The number of allylic oxidation sites excluding steroid dienone is 28. The zero-order chi connectivity index (χ0) is 52.9. The summed E-state index contributed by atoms with van der Waals surface area (Å²) in [6.45, 7) is 6.31. The third kappa shape index (κ3) is 57.5. The van der Waals surface area contributed by atoms with Crippen LogP contribution in [0, 0.1) is 0 Å². The van der Waals surface area contributed by atoms with Gasteiger partial charge in [-0.05, 0) is 141 Å². The van der Waals surface area contributed by atoms with Gasteiger partial charge < -0.3 is 14.2 Å². The minimum Gasteiger partial charge on any atom is -0.462 e. The van der Waals surface area contributed by atoms with Gasteiger partial charge in [-0.2, -0.15) is 0 Å². The number of carbonyl (C=O) groups is 3. The third-order valence-corrected chi connectivity index (χ3v) is 11.2. The van der Waals surface area contributed by atoms with Crippen molar-refractivity contribution in [3.63, 3.8) is 0 Å². The molecule has 0 aliphatic carbocycles. The molecule has 0 aliphatic heterocycles. The lowest BCUT2D eigenvalue weighted by atomic mass is 10.1. The molecule has 6 nitrogen and oxygen atoms in total. The largest absolute Gasteiger partial charge is 0.462 e. The van der Waals surface area contributed by atoms with Gasteiger partial charge in [0.2, 0.25) is 0 Å². The fourth-order valence-corrected chi connectivity index (χ4v) is 6.91.